The summed E-state index contributed by atoms with van der Waals surface area (Å²) in [6.45, 7) is 1.06. The van der Waals surface area contributed by atoms with Gasteiger partial charge in [0.05, 0.1) is 5.41 Å². The largest absolute Gasteiger partial charge is 0.481 e. The number of amides is 1. The van der Waals surface area contributed by atoms with Gasteiger partial charge in [0.15, 0.2) is 0 Å². The van der Waals surface area contributed by atoms with Gasteiger partial charge < -0.3 is 14.9 Å². The number of carbonyl (C=O) groups excluding carboxylic acids is 1. The van der Waals surface area contributed by atoms with E-state index in [4.69, 9.17) is 0 Å². The molecule has 1 N–H and O–H groups in total. The molecule has 6 heteroatoms. The minimum atomic E-state index is -1.07. The molecule has 0 aromatic heterocycles. The van der Waals surface area contributed by atoms with E-state index >= 15 is 0 Å². The normalized spacial score (nSPS) is 18.8. The molecule has 0 radical (unpaired) electrons. The molecule has 2 aromatic rings. The highest BCUT2D eigenvalue weighted by Crippen LogP contribution is 2.39. The van der Waals surface area contributed by atoms with Crippen LogP contribution in [0.25, 0.3) is 0 Å². The fraction of sp³-hybridized carbons (Fsp3) is 0.462. The van der Waals surface area contributed by atoms with Crippen molar-refractivity contribution in [3.8, 4) is 0 Å². The third-order valence-electron chi connectivity index (χ3n) is 7.10. The molecule has 1 saturated carbocycles. The maximum atomic E-state index is 13.6. The number of carbonyl (C=O) groups is 2. The SMILES string of the molecule is O=C(CC1(C(=O)O)CCN(c2ccc(F)cc2)CC1)N(c1ccccc1)C1CCCCC1. The fourth-order valence-electron chi connectivity index (χ4n) is 5.17. The van der Waals surface area contributed by atoms with Crippen molar-refractivity contribution in [1.82, 2.24) is 0 Å². The lowest BCUT2D eigenvalue weighted by molar-refractivity contribution is -0.153. The van der Waals surface area contributed by atoms with Gasteiger partial charge in [-0.1, -0.05) is 37.5 Å². The molecule has 0 spiro atoms. The summed E-state index contributed by atoms with van der Waals surface area (Å²) < 4.78 is 13.3. The van der Waals surface area contributed by atoms with Crippen LogP contribution in [0, 0.1) is 11.2 Å². The third kappa shape index (κ3) is 4.79. The molecule has 1 amide bonds. The Labute approximate surface area is 188 Å². The van der Waals surface area contributed by atoms with Gasteiger partial charge in [-0.2, -0.15) is 0 Å². The highest BCUT2D eigenvalue weighted by atomic mass is 19.1. The maximum absolute atomic E-state index is 13.6. The third-order valence-corrected chi connectivity index (χ3v) is 7.10. The van der Waals surface area contributed by atoms with E-state index in [0.29, 0.717) is 25.9 Å². The molecule has 1 aliphatic heterocycles. The number of benzene rings is 2. The highest BCUT2D eigenvalue weighted by molar-refractivity contribution is 5.97. The van der Waals surface area contributed by atoms with Crippen molar-refractivity contribution < 1.29 is 19.1 Å². The number of aliphatic carboxylic acids is 1. The summed E-state index contributed by atoms with van der Waals surface area (Å²) in [5.74, 6) is -1.29. The summed E-state index contributed by atoms with van der Waals surface area (Å²) >= 11 is 0. The Morgan fingerprint density at radius 2 is 1.59 bits per heavy atom. The van der Waals surface area contributed by atoms with Crippen LogP contribution in [0.15, 0.2) is 54.6 Å². The van der Waals surface area contributed by atoms with E-state index in [0.717, 1.165) is 37.1 Å². The minimum Gasteiger partial charge on any atom is -0.481 e. The predicted molar refractivity (Wildman–Crippen MR) is 123 cm³/mol. The monoisotopic (exact) mass is 438 g/mol. The van der Waals surface area contributed by atoms with Gasteiger partial charge in [-0.25, -0.2) is 4.39 Å². The number of carboxylic acid groups (broad SMARTS) is 1. The summed E-state index contributed by atoms with van der Waals surface area (Å²) in [7, 11) is 0. The summed E-state index contributed by atoms with van der Waals surface area (Å²) in [6.07, 6.45) is 6.07. The van der Waals surface area contributed by atoms with Gasteiger partial charge in [-0.3, -0.25) is 9.59 Å². The zero-order chi connectivity index (χ0) is 22.6. The fourth-order valence-corrected chi connectivity index (χ4v) is 5.17. The van der Waals surface area contributed by atoms with E-state index in [2.05, 4.69) is 4.90 Å². The number of para-hydroxylation sites is 1. The predicted octanol–water partition coefficient (Wildman–Crippen LogP) is 5.25. The standard InChI is InChI=1S/C26H31FN2O3/c27-20-11-13-21(14-12-20)28-17-15-26(16-18-28,25(31)32)19-24(30)29(22-7-3-1-4-8-22)23-9-5-2-6-10-23/h1,3-4,7-8,11-14,23H,2,5-6,9-10,15-19H2,(H,31,32). The Balaban J connectivity index is 1.51. The second kappa shape index (κ2) is 9.72. The number of piperidine rings is 1. The van der Waals surface area contributed by atoms with Gasteiger partial charge in [-0.05, 0) is 62.1 Å². The lowest BCUT2D eigenvalue weighted by atomic mass is 9.75. The van der Waals surface area contributed by atoms with Crippen LogP contribution in [0.4, 0.5) is 15.8 Å². The van der Waals surface area contributed by atoms with Crippen LogP contribution in [0.5, 0.6) is 0 Å². The Morgan fingerprint density at radius 1 is 0.969 bits per heavy atom. The molecule has 1 aliphatic carbocycles. The topological polar surface area (TPSA) is 60.9 Å². The van der Waals surface area contributed by atoms with Crippen LogP contribution in [0.3, 0.4) is 0 Å². The molecule has 2 aliphatic rings. The van der Waals surface area contributed by atoms with E-state index in [1.165, 1.54) is 18.6 Å². The molecule has 0 unspecified atom stereocenters. The second-order valence-corrected chi connectivity index (χ2v) is 9.12. The molecule has 170 valence electrons. The number of hydrogen-bond donors (Lipinski definition) is 1. The van der Waals surface area contributed by atoms with Crippen molar-refractivity contribution in [3.05, 3.63) is 60.4 Å². The Kier molecular flexibility index (Phi) is 6.77. The van der Waals surface area contributed by atoms with Gasteiger partial charge in [0.25, 0.3) is 0 Å². The smallest absolute Gasteiger partial charge is 0.310 e. The van der Waals surface area contributed by atoms with Crippen molar-refractivity contribution in [3.63, 3.8) is 0 Å². The molecule has 2 aromatic carbocycles. The van der Waals surface area contributed by atoms with Crippen molar-refractivity contribution in [1.29, 1.82) is 0 Å². The van der Waals surface area contributed by atoms with Gasteiger partial charge in [0.2, 0.25) is 5.91 Å². The maximum Gasteiger partial charge on any atom is 0.310 e. The van der Waals surface area contributed by atoms with Crippen LogP contribution in [-0.4, -0.2) is 36.1 Å². The van der Waals surface area contributed by atoms with Crippen LogP contribution in [0.2, 0.25) is 0 Å². The van der Waals surface area contributed by atoms with Crippen LogP contribution in [-0.2, 0) is 9.59 Å². The molecule has 2 fully saturated rings. The first-order chi connectivity index (χ1) is 15.5. The lowest BCUT2D eigenvalue weighted by Crippen LogP contribution is -2.49. The lowest BCUT2D eigenvalue weighted by Gasteiger charge is -2.41. The van der Waals surface area contributed by atoms with Gasteiger partial charge in [0.1, 0.15) is 5.82 Å². The van der Waals surface area contributed by atoms with E-state index in [1.807, 2.05) is 35.2 Å². The first kappa shape index (κ1) is 22.3. The summed E-state index contributed by atoms with van der Waals surface area (Å²) in [5.41, 5.74) is 0.661. The highest BCUT2D eigenvalue weighted by Gasteiger charge is 2.45. The molecule has 0 atom stereocenters. The molecule has 5 nitrogen and oxygen atoms in total. The molecule has 32 heavy (non-hydrogen) atoms. The van der Waals surface area contributed by atoms with E-state index in [9.17, 15) is 19.1 Å². The van der Waals surface area contributed by atoms with E-state index in [-0.39, 0.29) is 24.2 Å². The Bertz CT molecular complexity index is 918. The quantitative estimate of drug-likeness (QED) is 0.669. The van der Waals surface area contributed by atoms with Gasteiger partial charge in [-0.15, -0.1) is 0 Å². The van der Waals surface area contributed by atoms with Crippen molar-refractivity contribution in [2.24, 2.45) is 5.41 Å². The number of nitrogens with zero attached hydrogens (tertiary/aromatic N) is 2. The first-order valence-corrected chi connectivity index (χ1v) is 11.6. The second-order valence-electron chi connectivity index (χ2n) is 9.12. The van der Waals surface area contributed by atoms with Crippen molar-refractivity contribution >= 4 is 23.3 Å². The molecule has 1 saturated heterocycles. The average molecular weight is 439 g/mol. The number of rotatable bonds is 6. The molecular formula is C26H31FN2O3. The van der Waals surface area contributed by atoms with E-state index in [1.54, 1.807) is 12.1 Å². The number of carboxylic acids is 1. The Morgan fingerprint density at radius 3 is 2.19 bits per heavy atom. The Hall–Kier alpha value is -2.89. The van der Waals surface area contributed by atoms with Crippen molar-refractivity contribution in [2.75, 3.05) is 22.9 Å². The summed E-state index contributed by atoms with van der Waals surface area (Å²) in [5, 5.41) is 10.2. The molecular weight excluding hydrogens is 407 g/mol. The van der Waals surface area contributed by atoms with Crippen LogP contribution < -0.4 is 9.80 Å². The average Bonchev–Trinajstić information content (AvgIpc) is 2.82. The van der Waals surface area contributed by atoms with Crippen molar-refractivity contribution in [2.45, 2.75) is 57.4 Å². The zero-order valence-electron chi connectivity index (χ0n) is 18.4. The van der Waals surface area contributed by atoms with E-state index < -0.39 is 11.4 Å². The first-order valence-electron chi connectivity index (χ1n) is 11.6. The number of hydrogen-bond acceptors (Lipinski definition) is 3. The van der Waals surface area contributed by atoms with Gasteiger partial charge in [0, 0.05) is 36.9 Å². The number of anilines is 2. The van der Waals surface area contributed by atoms with Crippen LogP contribution >= 0.6 is 0 Å². The molecule has 0 bridgehead atoms. The number of halogens is 1. The zero-order valence-corrected chi connectivity index (χ0v) is 18.4. The minimum absolute atomic E-state index is 0.00495. The molecule has 4 rings (SSSR count). The summed E-state index contributed by atoms with van der Waals surface area (Å²) in [4.78, 5) is 30.0. The summed E-state index contributed by atoms with van der Waals surface area (Å²) in [6, 6.07) is 16.1. The molecule has 1 heterocycles. The van der Waals surface area contributed by atoms with Gasteiger partial charge >= 0.3 is 5.97 Å². The van der Waals surface area contributed by atoms with Crippen LogP contribution in [0.1, 0.15) is 51.4 Å².